The number of rotatable bonds is 4. The Kier molecular flexibility index (Phi) is 4.87. The molecule has 8 heteroatoms. The molecule has 0 aliphatic carbocycles. The number of hydrogen-bond donors (Lipinski definition) is 1. The van der Waals surface area contributed by atoms with E-state index in [0.29, 0.717) is 0 Å². The normalized spacial score (nSPS) is 21.7. The van der Waals surface area contributed by atoms with Crippen LogP contribution in [0.5, 0.6) is 5.88 Å². The smallest absolute Gasteiger partial charge is 0.268 e. The van der Waals surface area contributed by atoms with E-state index in [1.165, 1.54) is 17.2 Å². The summed E-state index contributed by atoms with van der Waals surface area (Å²) in [6, 6.07) is 1.38. The van der Waals surface area contributed by atoms with Gasteiger partial charge in [-0.2, -0.15) is 0 Å². The monoisotopic (exact) mass is 334 g/mol. The van der Waals surface area contributed by atoms with Crippen LogP contribution in [0.2, 0.25) is 5.02 Å². The summed E-state index contributed by atoms with van der Waals surface area (Å²) >= 11 is 6.00. The number of pyridine rings is 1. The van der Waals surface area contributed by atoms with Crippen LogP contribution in [-0.2, 0) is 0 Å². The minimum absolute atomic E-state index is 0.0571. The first kappa shape index (κ1) is 16.9. The first-order valence-electron chi connectivity index (χ1n) is 6.85. The van der Waals surface area contributed by atoms with Gasteiger partial charge < -0.3 is 14.7 Å². The zero-order valence-corrected chi connectivity index (χ0v) is 13.0. The highest BCUT2D eigenvalue weighted by molar-refractivity contribution is 6.32. The molecule has 0 bridgehead atoms. The number of carbonyl (C=O) groups excluding carboxylic acids is 1. The Morgan fingerprint density at radius 2 is 2.23 bits per heavy atom. The van der Waals surface area contributed by atoms with Crippen LogP contribution >= 0.6 is 11.6 Å². The molecule has 1 atom stereocenters. The largest absolute Gasteiger partial charge is 0.474 e. The van der Waals surface area contributed by atoms with Crippen molar-refractivity contribution in [3.05, 3.63) is 22.8 Å². The molecule has 1 N–H and O–H groups in total. The van der Waals surface area contributed by atoms with Crippen molar-refractivity contribution in [1.82, 2.24) is 9.88 Å². The lowest BCUT2D eigenvalue weighted by Gasteiger charge is -2.22. The van der Waals surface area contributed by atoms with Crippen molar-refractivity contribution in [2.24, 2.45) is 0 Å². The molecule has 0 saturated carbocycles. The van der Waals surface area contributed by atoms with E-state index in [1.54, 1.807) is 0 Å². The van der Waals surface area contributed by atoms with E-state index in [-0.39, 0.29) is 35.5 Å². The van der Waals surface area contributed by atoms with E-state index in [1.807, 2.05) is 13.8 Å². The number of aliphatic hydroxyl groups is 1. The van der Waals surface area contributed by atoms with Crippen molar-refractivity contribution >= 4 is 17.5 Å². The van der Waals surface area contributed by atoms with Gasteiger partial charge in [0.15, 0.2) is 0 Å². The van der Waals surface area contributed by atoms with Crippen molar-refractivity contribution < 1.29 is 23.4 Å². The number of carbonyl (C=O) groups is 1. The van der Waals surface area contributed by atoms with E-state index in [2.05, 4.69) is 4.98 Å². The third-order valence-electron chi connectivity index (χ3n) is 3.37. The molecule has 1 amide bonds. The number of ether oxygens (including phenoxy) is 1. The number of nitrogens with zero attached hydrogens (tertiary/aromatic N) is 2. The molecule has 0 spiro atoms. The molecule has 0 aromatic carbocycles. The quantitative estimate of drug-likeness (QED) is 0.918. The van der Waals surface area contributed by atoms with Gasteiger partial charge >= 0.3 is 0 Å². The Bertz CT molecular complexity index is 571. The number of hydrogen-bond acceptors (Lipinski definition) is 4. The van der Waals surface area contributed by atoms with Gasteiger partial charge in [0, 0.05) is 19.2 Å². The predicted octanol–water partition coefficient (Wildman–Crippen LogP) is 2.36. The van der Waals surface area contributed by atoms with Crippen LogP contribution in [0.4, 0.5) is 8.78 Å². The molecular weight excluding hydrogens is 318 g/mol. The SMILES string of the molecule is CC(C)Oc1ncc(C(=O)N2CCC(O)(C(F)F)C2)cc1Cl. The first-order chi connectivity index (χ1) is 10.2. The summed E-state index contributed by atoms with van der Waals surface area (Å²) in [5.74, 6) is -0.291. The highest BCUT2D eigenvalue weighted by Crippen LogP contribution is 2.30. The highest BCUT2D eigenvalue weighted by Gasteiger charge is 2.45. The van der Waals surface area contributed by atoms with Gasteiger partial charge in [0.05, 0.1) is 18.2 Å². The van der Waals surface area contributed by atoms with Crippen LogP contribution < -0.4 is 4.74 Å². The van der Waals surface area contributed by atoms with Crippen molar-refractivity contribution in [2.45, 2.75) is 38.4 Å². The molecule has 1 aromatic rings. The maximum Gasteiger partial charge on any atom is 0.268 e. The number of amides is 1. The van der Waals surface area contributed by atoms with E-state index in [9.17, 15) is 18.7 Å². The molecular formula is C14H17ClF2N2O3. The lowest BCUT2D eigenvalue weighted by Crippen LogP contribution is -2.41. The van der Waals surface area contributed by atoms with Crippen LogP contribution in [-0.4, -0.2) is 52.1 Å². The second-order valence-corrected chi connectivity index (χ2v) is 5.97. The van der Waals surface area contributed by atoms with E-state index >= 15 is 0 Å². The number of likely N-dealkylation sites (tertiary alicyclic amines) is 1. The standard InChI is InChI=1S/C14H17ClF2N2O3/c1-8(2)22-11-10(15)5-9(6-18-11)12(20)19-4-3-14(21,7-19)13(16)17/h5-6,8,13,21H,3-4,7H2,1-2H3. The molecule has 1 saturated heterocycles. The second-order valence-electron chi connectivity index (χ2n) is 5.56. The Labute approximate surface area is 131 Å². The molecule has 1 fully saturated rings. The van der Waals surface area contributed by atoms with Crippen LogP contribution in [0.1, 0.15) is 30.6 Å². The van der Waals surface area contributed by atoms with Gasteiger partial charge in [-0.05, 0) is 19.9 Å². The fraction of sp³-hybridized carbons (Fsp3) is 0.571. The third-order valence-corrected chi connectivity index (χ3v) is 3.65. The Balaban J connectivity index is 2.12. The van der Waals surface area contributed by atoms with Crippen molar-refractivity contribution in [1.29, 1.82) is 0 Å². The molecule has 5 nitrogen and oxygen atoms in total. The van der Waals surface area contributed by atoms with Crippen LogP contribution in [0.25, 0.3) is 0 Å². The Morgan fingerprint density at radius 3 is 2.73 bits per heavy atom. The zero-order chi connectivity index (χ0) is 16.5. The second kappa shape index (κ2) is 6.34. The minimum Gasteiger partial charge on any atom is -0.474 e. The van der Waals surface area contributed by atoms with Crippen LogP contribution in [0.15, 0.2) is 12.3 Å². The molecule has 22 heavy (non-hydrogen) atoms. The summed E-state index contributed by atoms with van der Waals surface area (Å²) in [7, 11) is 0. The fourth-order valence-electron chi connectivity index (χ4n) is 2.20. The highest BCUT2D eigenvalue weighted by atomic mass is 35.5. The number of halogens is 3. The molecule has 2 rings (SSSR count). The Morgan fingerprint density at radius 1 is 1.55 bits per heavy atom. The molecule has 0 radical (unpaired) electrons. The van der Waals surface area contributed by atoms with Gasteiger partial charge in [-0.25, -0.2) is 13.8 Å². The first-order valence-corrected chi connectivity index (χ1v) is 7.23. The van der Waals surface area contributed by atoms with Gasteiger partial charge in [-0.15, -0.1) is 0 Å². The summed E-state index contributed by atoms with van der Waals surface area (Å²) in [6.45, 7) is 3.27. The van der Waals surface area contributed by atoms with Crippen molar-refractivity contribution in [2.75, 3.05) is 13.1 Å². The van der Waals surface area contributed by atoms with E-state index in [4.69, 9.17) is 16.3 Å². The average molecular weight is 335 g/mol. The van der Waals surface area contributed by atoms with E-state index in [0.717, 1.165) is 0 Å². The lowest BCUT2D eigenvalue weighted by atomic mass is 10.1. The van der Waals surface area contributed by atoms with E-state index < -0.39 is 24.5 Å². The predicted molar refractivity (Wildman–Crippen MR) is 76.5 cm³/mol. The summed E-state index contributed by atoms with van der Waals surface area (Å²) in [5, 5.41) is 9.90. The van der Waals surface area contributed by atoms with Crippen LogP contribution in [0.3, 0.4) is 0 Å². The maximum absolute atomic E-state index is 12.8. The van der Waals surface area contributed by atoms with Gasteiger partial charge in [0.25, 0.3) is 12.3 Å². The number of alkyl halides is 2. The number of aromatic nitrogens is 1. The molecule has 1 aromatic heterocycles. The fourth-order valence-corrected chi connectivity index (χ4v) is 2.41. The van der Waals surface area contributed by atoms with Gasteiger partial charge in [0.2, 0.25) is 5.88 Å². The maximum atomic E-state index is 12.8. The summed E-state index contributed by atoms with van der Waals surface area (Å²) in [4.78, 5) is 17.4. The molecule has 1 aliphatic heterocycles. The van der Waals surface area contributed by atoms with Crippen molar-refractivity contribution in [3.8, 4) is 5.88 Å². The zero-order valence-electron chi connectivity index (χ0n) is 12.2. The third kappa shape index (κ3) is 3.47. The Hall–Kier alpha value is -1.47. The minimum atomic E-state index is -2.89. The average Bonchev–Trinajstić information content (AvgIpc) is 2.84. The topological polar surface area (TPSA) is 62.7 Å². The van der Waals surface area contributed by atoms with Gasteiger partial charge in [0.1, 0.15) is 10.6 Å². The summed E-state index contributed by atoms with van der Waals surface area (Å²) < 4.78 is 30.9. The molecule has 1 aliphatic rings. The molecule has 1 unspecified atom stereocenters. The molecule has 2 heterocycles. The summed E-state index contributed by atoms with van der Waals surface area (Å²) in [6.07, 6.45) is -1.89. The van der Waals surface area contributed by atoms with Crippen LogP contribution in [0, 0.1) is 0 Å². The molecule has 122 valence electrons. The van der Waals surface area contributed by atoms with Gasteiger partial charge in [-0.1, -0.05) is 11.6 Å². The lowest BCUT2D eigenvalue weighted by molar-refractivity contribution is -0.0855. The van der Waals surface area contributed by atoms with Crippen molar-refractivity contribution in [3.63, 3.8) is 0 Å². The summed E-state index contributed by atoms with van der Waals surface area (Å²) in [5.41, 5.74) is -1.98. The van der Waals surface area contributed by atoms with Gasteiger partial charge in [-0.3, -0.25) is 4.79 Å². The number of β-amino-alcohol motifs (C(OH)–C–C–N with tert-alkyl or cyclic N) is 1.